The summed E-state index contributed by atoms with van der Waals surface area (Å²) in [6.45, 7) is 10.4. The second-order valence-corrected chi connectivity index (χ2v) is 14.6. The predicted molar refractivity (Wildman–Crippen MR) is 186 cm³/mol. The van der Waals surface area contributed by atoms with Crippen molar-refractivity contribution in [3.63, 3.8) is 0 Å². The summed E-state index contributed by atoms with van der Waals surface area (Å²) in [4.78, 5) is 70.2. The number of nitrogens with zero attached hydrogens (tertiary/aromatic N) is 2. The highest BCUT2D eigenvalue weighted by molar-refractivity contribution is 5.94. The second kappa shape index (κ2) is 20.7. The molecule has 0 radical (unpaired) electrons. The molecule has 13 nitrogen and oxygen atoms in total. The van der Waals surface area contributed by atoms with Crippen LogP contribution in [0.25, 0.3) is 0 Å². The molecule has 1 unspecified atom stereocenters. The Labute approximate surface area is 288 Å². The van der Waals surface area contributed by atoms with Gasteiger partial charge in [0.2, 0.25) is 29.5 Å². The first-order valence-electron chi connectivity index (χ1n) is 18.3. The minimum Gasteiger partial charge on any atom is -0.393 e. The highest BCUT2D eigenvalue weighted by atomic mass is 16.3. The largest absolute Gasteiger partial charge is 0.393 e. The van der Waals surface area contributed by atoms with Crippen LogP contribution in [-0.2, 0) is 24.0 Å². The predicted octanol–water partition coefficient (Wildman–Crippen LogP) is 1.40. The van der Waals surface area contributed by atoms with Gasteiger partial charge in [-0.25, -0.2) is 0 Å². The van der Waals surface area contributed by atoms with Crippen molar-refractivity contribution in [3.8, 4) is 0 Å². The van der Waals surface area contributed by atoms with Crippen molar-refractivity contribution in [3.05, 3.63) is 0 Å². The molecule has 13 heteroatoms. The van der Waals surface area contributed by atoms with Crippen LogP contribution >= 0.6 is 0 Å². The molecular weight excluding hydrogens is 614 g/mol. The number of hydrogen-bond acceptors (Lipinski definition) is 8. The molecule has 0 bridgehead atoms. The Kier molecular flexibility index (Phi) is 17.8. The van der Waals surface area contributed by atoms with Crippen LogP contribution in [0.2, 0.25) is 0 Å². The SMILES string of the molecule is CCCCCCC(C(=O)N(C)[C@@H](CC(C)C)C(=O)N[C@H](C(=O)N[C@@H](CN)C(N)=O)C1CCCCC1)N1CC[C@@H](NC(=O)[C@@H](C)[C@H](C)O)C1. The number of carbonyl (C=O) groups excluding carboxylic acids is 5. The second-order valence-electron chi connectivity index (χ2n) is 14.6. The summed E-state index contributed by atoms with van der Waals surface area (Å²) >= 11 is 0. The molecule has 2 fully saturated rings. The smallest absolute Gasteiger partial charge is 0.243 e. The zero-order valence-electron chi connectivity index (χ0n) is 30.3. The summed E-state index contributed by atoms with van der Waals surface area (Å²) in [5.41, 5.74) is 11.1. The van der Waals surface area contributed by atoms with Gasteiger partial charge in [-0.2, -0.15) is 0 Å². The normalized spacial score (nSPS) is 21.1. The number of nitrogens with two attached hydrogens (primary N) is 2. The summed E-state index contributed by atoms with van der Waals surface area (Å²) in [6, 6.07) is -3.36. The molecule has 0 spiro atoms. The van der Waals surface area contributed by atoms with Crippen molar-refractivity contribution in [2.24, 2.45) is 29.2 Å². The topological polar surface area (TPSA) is 200 Å². The van der Waals surface area contributed by atoms with Crippen LogP contribution in [0, 0.1) is 17.8 Å². The minimum absolute atomic E-state index is 0.0831. The molecule has 1 saturated carbocycles. The Morgan fingerprint density at radius 1 is 0.917 bits per heavy atom. The number of unbranched alkanes of at least 4 members (excludes halogenated alkanes) is 3. The van der Waals surface area contributed by atoms with Crippen molar-refractivity contribution in [2.45, 2.75) is 148 Å². The first kappa shape index (κ1) is 41.4. The fraction of sp³-hybridized carbons (Fsp3) is 0.857. The molecule has 48 heavy (non-hydrogen) atoms. The minimum atomic E-state index is -1.05. The van der Waals surface area contributed by atoms with E-state index in [9.17, 15) is 29.1 Å². The Balaban J connectivity index is 2.30. The molecule has 0 aromatic rings. The first-order chi connectivity index (χ1) is 22.7. The van der Waals surface area contributed by atoms with E-state index < -0.39 is 53.9 Å². The molecule has 1 aliphatic heterocycles. The average Bonchev–Trinajstić information content (AvgIpc) is 3.51. The molecule has 2 aliphatic rings. The number of likely N-dealkylation sites (tertiary alicyclic amines) is 1. The summed E-state index contributed by atoms with van der Waals surface area (Å²) in [6.07, 6.45) is 9.37. The fourth-order valence-electron chi connectivity index (χ4n) is 6.86. The monoisotopic (exact) mass is 679 g/mol. The lowest BCUT2D eigenvalue weighted by atomic mass is 9.83. The number of rotatable bonds is 20. The Morgan fingerprint density at radius 3 is 2.15 bits per heavy atom. The number of amides is 5. The summed E-state index contributed by atoms with van der Waals surface area (Å²) in [5.74, 6) is -2.58. The lowest BCUT2D eigenvalue weighted by molar-refractivity contribution is -0.144. The molecule has 276 valence electrons. The third-order valence-corrected chi connectivity index (χ3v) is 10.2. The van der Waals surface area contributed by atoms with Crippen LogP contribution in [0.1, 0.15) is 112 Å². The molecule has 2 rings (SSSR count). The van der Waals surface area contributed by atoms with Gasteiger partial charge >= 0.3 is 0 Å². The van der Waals surface area contributed by atoms with E-state index in [4.69, 9.17) is 11.5 Å². The van der Waals surface area contributed by atoms with Gasteiger partial charge in [-0.1, -0.05) is 72.6 Å². The summed E-state index contributed by atoms with van der Waals surface area (Å²) < 4.78 is 0. The van der Waals surface area contributed by atoms with E-state index >= 15 is 0 Å². The van der Waals surface area contributed by atoms with Gasteiger partial charge in [0.25, 0.3) is 0 Å². The van der Waals surface area contributed by atoms with Gasteiger partial charge in [-0.15, -0.1) is 0 Å². The molecule has 0 aromatic carbocycles. The Bertz CT molecular complexity index is 1050. The van der Waals surface area contributed by atoms with Crippen LogP contribution in [0.5, 0.6) is 0 Å². The van der Waals surface area contributed by atoms with Gasteiger partial charge in [0.1, 0.15) is 18.1 Å². The average molecular weight is 680 g/mol. The van der Waals surface area contributed by atoms with E-state index in [2.05, 4.69) is 27.8 Å². The Morgan fingerprint density at radius 2 is 1.58 bits per heavy atom. The van der Waals surface area contributed by atoms with Gasteiger partial charge in [0.05, 0.1) is 18.1 Å². The van der Waals surface area contributed by atoms with Crippen molar-refractivity contribution < 1.29 is 29.1 Å². The molecule has 1 saturated heterocycles. The van der Waals surface area contributed by atoms with Crippen molar-refractivity contribution in [1.82, 2.24) is 25.8 Å². The van der Waals surface area contributed by atoms with Crippen LogP contribution in [0.4, 0.5) is 0 Å². The van der Waals surface area contributed by atoms with Crippen LogP contribution in [-0.4, -0.2) is 107 Å². The number of likely N-dealkylation sites (N-methyl/N-ethyl adjacent to an activating group) is 1. The Hall–Kier alpha value is -2.77. The third-order valence-electron chi connectivity index (χ3n) is 10.2. The van der Waals surface area contributed by atoms with E-state index in [0.29, 0.717) is 32.4 Å². The first-order valence-corrected chi connectivity index (χ1v) is 18.3. The van der Waals surface area contributed by atoms with Crippen molar-refractivity contribution >= 4 is 29.5 Å². The third kappa shape index (κ3) is 12.6. The molecular formula is C35H65N7O6. The number of aliphatic hydroxyl groups excluding tert-OH is 1. The quantitative estimate of drug-likeness (QED) is 0.104. The van der Waals surface area contributed by atoms with E-state index in [1.807, 2.05) is 13.8 Å². The fourth-order valence-corrected chi connectivity index (χ4v) is 6.86. The maximum absolute atomic E-state index is 14.4. The number of primary amides is 1. The summed E-state index contributed by atoms with van der Waals surface area (Å²) in [7, 11) is 1.67. The lowest BCUT2D eigenvalue weighted by Crippen LogP contribution is -2.61. The van der Waals surface area contributed by atoms with Crippen LogP contribution in [0.15, 0.2) is 0 Å². The van der Waals surface area contributed by atoms with E-state index in [1.165, 1.54) is 0 Å². The van der Waals surface area contributed by atoms with E-state index in [-0.39, 0.29) is 36.2 Å². The molecule has 5 amide bonds. The maximum Gasteiger partial charge on any atom is 0.243 e. The molecule has 7 atom stereocenters. The standard InChI is InChI=1S/C35H65N7O6/c1-7-8-9-13-16-28(42-18-17-26(21-42)38-32(45)23(4)24(5)43)35(48)41(6)29(19-22(2)3)33(46)40-30(25-14-11-10-12-15-25)34(47)39-27(20-36)31(37)44/h22-30,43H,7-21,36H2,1-6H3,(H2,37,44)(H,38,45)(H,39,47)(H,40,46)/t23-,24-,26+,27-,28?,29-,30-/m0/s1. The van der Waals surface area contributed by atoms with Gasteiger partial charge in [0, 0.05) is 32.7 Å². The van der Waals surface area contributed by atoms with Crippen molar-refractivity contribution in [1.29, 1.82) is 0 Å². The van der Waals surface area contributed by atoms with Gasteiger partial charge in [-0.05, 0) is 50.9 Å². The van der Waals surface area contributed by atoms with Crippen molar-refractivity contribution in [2.75, 3.05) is 26.7 Å². The highest BCUT2D eigenvalue weighted by Crippen LogP contribution is 2.28. The number of hydrogen-bond donors (Lipinski definition) is 6. The van der Waals surface area contributed by atoms with Gasteiger partial charge in [0.15, 0.2) is 0 Å². The van der Waals surface area contributed by atoms with Gasteiger partial charge in [-0.3, -0.25) is 28.9 Å². The number of carbonyl (C=O) groups is 5. The van der Waals surface area contributed by atoms with E-state index in [0.717, 1.165) is 57.8 Å². The van der Waals surface area contributed by atoms with E-state index in [1.54, 1.807) is 25.8 Å². The van der Waals surface area contributed by atoms with Crippen LogP contribution in [0.3, 0.4) is 0 Å². The summed E-state index contributed by atoms with van der Waals surface area (Å²) in [5, 5.41) is 18.5. The highest BCUT2D eigenvalue weighted by Gasteiger charge is 2.40. The lowest BCUT2D eigenvalue weighted by Gasteiger charge is -2.37. The van der Waals surface area contributed by atoms with Gasteiger partial charge < -0.3 is 37.4 Å². The number of aliphatic hydroxyl groups is 1. The van der Waals surface area contributed by atoms with Crippen LogP contribution < -0.4 is 27.4 Å². The molecule has 8 N–H and O–H groups in total. The molecule has 0 aromatic heterocycles. The number of nitrogens with one attached hydrogen (secondary N) is 3. The molecule has 1 aliphatic carbocycles. The zero-order valence-corrected chi connectivity index (χ0v) is 30.3. The maximum atomic E-state index is 14.4. The zero-order chi connectivity index (χ0) is 36.0. The molecule has 1 heterocycles.